The second-order valence-corrected chi connectivity index (χ2v) is 4.78. The zero-order valence-corrected chi connectivity index (χ0v) is 11.4. The number of hydrogen-bond acceptors (Lipinski definition) is 2. The van der Waals surface area contributed by atoms with Gasteiger partial charge in [-0.25, -0.2) is 0 Å². The summed E-state index contributed by atoms with van der Waals surface area (Å²) in [5.74, 6) is 0. The van der Waals surface area contributed by atoms with Gasteiger partial charge in [-0.1, -0.05) is 52.4 Å². The van der Waals surface area contributed by atoms with E-state index in [1.54, 1.807) is 0 Å². The zero-order valence-electron chi connectivity index (χ0n) is 11.4. The summed E-state index contributed by atoms with van der Waals surface area (Å²) in [5, 5.41) is 3.66. The molecule has 0 atom stereocenters. The first kappa shape index (κ1) is 15.9. The third-order valence-electron chi connectivity index (χ3n) is 3.13. The van der Waals surface area contributed by atoms with Gasteiger partial charge in [0.15, 0.2) is 0 Å². The van der Waals surface area contributed by atoms with Crippen molar-refractivity contribution < 1.29 is 0 Å². The average Bonchev–Trinajstić information content (AvgIpc) is 2.29. The van der Waals surface area contributed by atoms with Crippen LogP contribution in [0.3, 0.4) is 0 Å². The minimum atomic E-state index is 0.740. The fourth-order valence-corrected chi connectivity index (χ4v) is 2.04. The molecule has 0 aromatic rings. The molecule has 16 heavy (non-hydrogen) atoms. The van der Waals surface area contributed by atoms with Crippen LogP contribution < -0.4 is 11.1 Å². The molecular weight excluding hydrogens is 196 g/mol. The van der Waals surface area contributed by atoms with Crippen LogP contribution in [0.25, 0.3) is 0 Å². The van der Waals surface area contributed by atoms with Crippen molar-refractivity contribution in [2.45, 2.75) is 77.7 Å². The summed E-state index contributed by atoms with van der Waals surface area (Å²) in [6.07, 6.45) is 12.0. The molecule has 0 saturated carbocycles. The number of nitrogens with one attached hydrogen (secondary N) is 1. The molecular formula is C14H32N2. The summed E-state index contributed by atoms with van der Waals surface area (Å²) >= 11 is 0. The van der Waals surface area contributed by atoms with Crippen molar-refractivity contribution >= 4 is 0 Å². The molecule has 0 rings (SSSR count). The third kappa shape index (κ3) is 10.4. The topological polar surface area (TPSA) is 38.0 Å². The van der Waals surface area contributed by atoms with Crippen molar-refractivity contribution in [1.29, 1.82) is 0 Å². The summed E-state index contributed by atoms with van der Waals surface area (Å²) in [4.78, 5) is 0. The highest BCUT2D eigenvalue weighted by Gasteiger charge is 2.06. The van der Waals surface area contributed by atoms with Crippen molar-refractivity contribution in [3.8, 4) is 0 Å². The molecule has 0 spiro atoms. The summed E-state index contributed by atoms with van der Waals surface area (Å²) in [6, 6.07) is 0.740. The van der Waals surface area contributed by atoms with Gasteiger partial charge in [-0.3, -0.25) is 0 Å². The van der Waals surface area contributed by atoms with Crippen LogP contribution in [0, 0.1) is 0 Å². The van der Waals surface area contributed by atoms with Gasteiger partial charge in [0.1, 0.15) is 0 Å². The fraction of sp³-hybridized carbons (Fsp3) is 1.00. The lowest BCUT2D eigenvalue weighted by atomic mass is 10.0. The van der Waals surface area contributed by atoms with E-state index in [4.69, 9.17) is 5.73 Å². The molecule has 0 fully saturated rings. The van der Waals surface area contributed by atoms with Crippen LogP contribution in [-0.2, 0) is 0 Å². The number of rotatable bonds is 12. The SMILES string of the molecule is CCCCCC(CCCCC)NCCCN. The van der Waals surface area contributed by atoms with Crippen molar-refractivity contribution in [2.75, 3.05) is 13.1 Å². The number of nitrogens with two attached hydrogens (primary N) is 1. The fourth-order valence-electron chi connectivity index (χ4n) is 2.04. The molecule has 0 saturated heterocycles. The van der Waals surface area contributed by atoms with Gasteiger partial charge < -0.3 is 11.1 Å². The van der Waals surface area contributed by atoms with Gasteiger partial charge in [-0.05, 0) is 32.4 Å². The Morgan fingerprint density at radius 1 is 0.875 bits per heavy atom. The maximum absolute atomic E-state index is 5.52. The smallest absolute Gasteiger partial charge is 0.00670 e. The van der Waals surface area contributed by atoms with E-state index < -0.39 is 0 Å². The van der Waals surface area contributed by atoms with Crippen LogP contribution in [0.15, 0.2) is 0 Å². The molecule has 0 aliphatic heterocycles. The van der Waals surface area contributed by atoms with Crippen LogP contribution in [-0.4, -0.2) is 19.1 Å². The molecule has 0 amide bonds. The van der Waals surface area contributed by atoms with Gasteiger partial charge in [-0.2, -0.15) is 0 Å². The van der Waals surface area contributed by atoms with E-state index in [2.05, 4.69) is 19.2 Å². The van der Waals surface area contributed by atoms with Gasteiger partial charge in [0.05, 0.1) is 0 Å². The van der Waals surface area contributed by atoms with Crippen LogP contribution in [0.5, 0.6) is 0 Å². The Morgan fingerprint density at radius 3 is 1.88 bits per heavy atom. The van der Waals surface area contributed by atoms with Gasteiger partial charge in [0.25, 0.3) is 0 Å². The zero-order chi connectivity index (χ0) is 12.1. The number of hydrogen-bond donors (Lipinski definition) is 2. The summed E-state index contributed by atoms with van der Waals surface area (Å²) in [6.45, 7) is 6.45. The van der Waals surface area contributed by atoms with E-state index in [9.17, 15) is 0 Å². The molecule has 98 valence electrons. The standard InChI is InChI=1S/C14H32N2/c1-3-5-7-10-14(11-8-6-4-2)16-13-9-12-15/h14,16H,3-13,15H2,1-2H3. The minimum absolute atomic E-state index is 0.740. The van der Waals surface area contributed by atoms with E-state index in [0.717, 1.165) is 25.6 Å². The lowest BCUT2D eigenvalue weighted by Gasteiger charge is -2.18. The minimum Gasteiger partial charge on any atom is -0.330 e. The van der Waals surface area contributed by atoms with E-state index in [1.165, 1.54) is 51.4 Å². The van der Waals surface area contributed by atoms with E-state index in [0.29, 0.717) is 0 Å². The predicted octanol–water partition coefficient (Wildman–Crippen LogP) is 3.45. The second-order valence-electron chi connectivity index (χ2n) is 4.78. The largest absolute Gasteiger partial charge is 0.330 e. The van der Waals surface area contributed by atoms with Crippen LogP contribution in [0.1, 0.15) is 71.6 Å². The molecule has 2 nitrogen and oxygen atoms in total. The van der Waals surface area contributed by atoms with Gasteiger partial charge >= 0.3 is 0 Å². The summed E-state index contributed by atoms with van der Waals surface area (Å²) in [7, 11) is 0. The Hall–Kier alpha value is -0.0800. The molecule has 3 N–H and O–H groups in total. The Kier molecular flexibility index (Phi) is 12.9. The van der Waals surface area contributed by atoms with Crippen molar-refractivity contribution in [3.05, 3.63) is 0 Å². The van der Waals surface area contributed by atoms with Crippen LogP contribution in [0.2, 0.25) is 0 Å². The lowest BCUT2D eigenvalue weighted by Crippen LogP contribution is -2.31. The molecule has 0 aromatic carbocycles. The van der Waals surface area contributed by atoms with Gasteiger partial charge in [-0.15, -0.1) is 0 Å². The highest BCUT2D eigenvalue weighted by molar-refractivity contribution is 4.67. The normalized spacial score (nSPS) is 11.2. The second kappa shape index (κ2) is 13.0. The van der Waals surface area contributed by atoms with E-state index >= 15 is 0 Å². The monoisotopic (exact) mass is 228 g/mol. The first-order valence-corrected chi connectivity index (χ1v) is 7.28. The molecule has 0 heterocycles. The Balaban J connectivity index is 3.58. The van der Waals surface area contributed by atoms with Crippen molar-refractivity contribution in [1.82, 2.24) is 5.32 Å². The Morgan fingerprint density at radius 2 is 1.44 bits per heavy atom. The maximum atomic E-state index is 5.52. The van der Waals surface area contributed by atoms with Crippen LogP contribution >= 0.6 is 0 Å². The Labute approximate surface area is 102 Å². The average molecular weight is 228 g/mol. The predicted molar refractivity (Wildman–Crippen MR) is 73.7 cm³/mol. The lowest BCUT2D eigenvalue weighted by molar-refractivity contribution is 0.417. The third-order valence-corrected chi connectivity index (χ3v) is 3.13. The highest BCUT2D eigenvalue weighted by atomic mass is 14.9. The summed E-state index contributed by atoms with van der Waals surface area (Å²) < 4.78 is 0. The summed E-state index contributed by atoms with van der Waals surface area (Å²) in [5.41, 5.74) is 5.52. The number of unbranched alkanes of at least 4 members (excludes halogenated alkanes) is 4. The van der Waals surface area contributed by atoms with E-state index in [-0.39, 0.29) is 0 Å². The molecule has 0 aromatic heterocycles. The molecule has 0 aliphatic carbocycles. The molecule has 2 heteroatoms. The van der Waals surface area contributed by atoms with Crippen LogP contribution in [0.4, 0.5) is 0 Å². The molecule has 0 aliphatic rings. The van der Waals surface area contributed by atoms with Crippen molar-refractivity contribution in [2.24, 2.45) is 5.73 Å². The Bertz CT molecular complexity index is 102. The first-order chi connectivity index (χ1) is 7.85. The van der Waals surface area contributed by atoms with E-state index in [1.807, 2.05) is 0 Å². The highest BCUT2D eigenvalue weighted by Crippen LogP contribution is 2.10. The maximum Gasteiger partial charge on any atom is 0.00670 e. The van der Waals surface area contributed by atoms with Gasteiger partial charge in [0.2, 0.25) is 0 Å². The first-order valence-electron chi connectivity index (χ1n) is 7.28. The molecule has 0 bridgehead atoms. The van der Waals surface area contributed by atoms with Gasteiger partial charge in [0, 0.05) is 6.04 Å². The molecule has 0 unspecified atom stereocenters. The molecule has 0 radical (unpaired) electrons. The van der Waals surface area contributed by atoms with Crippen molar-refractivity contribution in [3.63, 3.8) is 0 Å². The quantitative estimate of drug-likeness (QED) is 0.502.